The third-order valence-corrected chi connectivity index (χ3v) is 5.18. The fraction of sp³-hybridized carbons (Fsp3) is 0.438. The number of rotatable bonds is 5. The number of nitrogens with zero attached hydrogens (tertiary/aromatic N) is 3. The lowest BCUT2D eigenvalue weighted by Crippen LogP contribution is -2.30. The molecule has 1 N–H and O–H groups in total. The van der Waals surface area contributed by atoms with Crippen LogP contribution in [-0.4, -0.2) is 37.2 Å². The maximum Gasteiger partial charge on any atom is 0.259 e. The van der Waals surface area contributed by atoms with E-state index in [4.69, 9.17) is 0 Å². The van der Waals surface area contributed by atoms with E-state index in [1.807, 2.05) is 6.07 Å². The van der Waals surface area contributed by atoms with E-state index in [0.29, 0.717) is 40.7 Å². The van der Waals surface area contributed by atoms with E-state index < -0.39 is 5.95 Å². The molecule has 7 heteroatoms. The average Bonchev–Trinajstić information content (AvgIpc) is 3.09. The van der Waals surface area contributed by atoms with Gasteiger partial charge in [-0.1, -0.05) is 0 Å². The van der Waals surface area contributed by atoms with Gasteiger partial charge in [-0.25, -0.2) is 4.98 Å². The van der Waals surface area contributed by atoms with Crippen LogP contribution in [0, 0.1) is 5.95 Å². The van der Waals surface area contributed by atoms with Crippen LogP contribution in [0.3, 0.4) is 0 Å². The Labute approximate surface area is 139 Å². The summed E-state index contributed by atoms with van der Waals surface area (Å²) in [6.07, 6.45) is 2.91. The predicted molar refractivity (Wildman–Crippen MR) is 91.1 cm³/mol. The van der Waals surface area contributed by atoms with Crippen LogP contribution in [0.4, 0.5) is 10.2 Å². The third-order valence-electron chi connectivity index (χ3n) is 4.02. The second-order valence-corrected chi connectivity index (χ2v) is 6.53. The number of aliphatic imine (C=N–C) groups is 1. The monoisotopic (exact) mass is 334 g/mol. The summed E-state index contributed by atoms with van der Waals surface area (Å²) in [7, 11) is 0. The lowest BCUT2D eigenvalue weighted by Gasteiger charge is -2.18. The summed E-state index contributed by atoms with van der Waals surface area (Å²) in [5.41, 5.74) is 1.17. The lowest BCUT2D eigenvalue weighted by molar-refractivity contribution is -0.117. The van der Waals surface area contributed by atoms with Gasteiger partial charge < -0.3 is 10.2 Å². The van der Waals surface area contributed by atoms with E-state index in [0.717, 1.165) is 25.9 Å². The van der Waals surface area contributed by atoms with Crippen molar-refractivity contribution in [2.24, 2.45) is 4.99 Å². The zero-order valence-electron chi connectivity index (χ0n) is 12.8. The number of hydrogen-bond acceptors (Lipinski definition) is 5. The van der Waals surface area contributed by atoms with E-state index in [9.17, 15) is 9.18 Å². The molecule has 0 unspecified atom stereocenters. The SMILES string of the molecule is C=NC1=C(SCc2ccc(N3CCCC3)nc2F)C(=O)NCC1. The van der Waals surface area contributed by atoms with Crippen molar-refractivity contribution < 1.29 is 9.18 Å². The van der Waals surface area contributed by atoms with Gasteiger partial charge in [-0.05, 0) is 31.7 Å². The largest absolute Gasteiger partial charge is 0.357 e. The highest BCUT2D eigenvalue weighted by molar-refractivity contribution is 8.03. The molecule has 0 bridgehead atoms. The smallest absolute Gasteiger partial charge is 0.259 e. The van der Waals surface area contributed by atoms with Crippen LogP contribution in [0.5, 0.6) is 0 Å². The summed E-state index contributed by atoms with van der Waals surface area (Å²) in [5.74, 6) is 0.412. The maximum absolute atomic E-state index is 14.2. The van der Waals surface area contributed by atoms with E-state index in [2.05, 4.69) is 26.9 Å². The van der Waals surface area contributed by atoms with Crippen LogP contribution >= 0.6 is 11.8 Å². The van der Waals surface area contributed by atoms with Crippen molar-refractivity contribution in [2.45, 2.75) is 25.0 Å². The van der Waals surface area contributed by atoms with Gasteiger partial charge in [0, 0.05) is 37.4 Å². The molecule has 0 radical (unpaired) electrons. The summed E-state index contributed by atoms with van der Waals surface area (Å²) >= 11 is 1.28. The zero-order chi connectivity index (χ0) is 16.2. The van der Waals surface area contributed by atoms with Crippen molar-refractivity contribution >= 4 is 30.2 Å². The Bertz CT molecular complexity index is 655. The summed E-state index contributed by atoms with van der Waals surface area (Å²) in [4.78, 5) is 22.5. The normalized spacial score (nSPS) is 18.3. The molecule has 23 heavy (non-hydrogen) atoms. The van der Waals surface area contributed by atoms with Gasteiger partial charge in [-0.15, -0.1) is 11.8 Å². The topological polar surface area (TPSA) is 57.6 Å². The van der Waals surface area contributed by atoms with Gasteiger partial charge in [0.1, 0.15) is 5.82 Å². The summed E-state index contributed by atoms with van der Waals surface area (Å²) in [5, 5.41) is 2.77. The Morgan fingerprint density at radius 2 is 2.17 bits per heavy atom. The molecule has 1 saturated heterocycles. The second-order valence-electron chi connectivity index (χ2n) is 5.54. The molecule has 0 aromatic carbocycles. The Kier molecular flexibility index (Phi) is 4.95. The Balaban J connectivity index is 1.71. The minimum Gasteiger partial charge on any atom is -0.357 e. The highest BCUT2D eigenvalue weighted by Crippen LogP contribution is 2.30. The third kappa shape index (κ3) is 3.55. The summed E-state index contributed by atoms with van der Waals surface area (Å²) in [6, 6.07) is 3.61. The van der Waals surface area contributed by atoms with Crippen LogP contribution in [0.1, 0.15) is 24.8 Å². The number of nitrogens with one attached hydrogen (secondary N) is 1. The van der Waals surface area contributed by atoms with Gasteiger partial charge in [0.2, 0.25) is 5.95 Å². The maximum atomic E-state index is 14.2. The van der Waals surface area contributed by atoms with Gasteiger partial charge in [0.05, 0.1) is 10.6 Å². The molecule has 2 aliphatic rings. The van der Waals surface area contributed by atoms with Crippen molar-refractivity contribution in [2.75, 3.05) is 24.5 Å². The Morgan fingerprint density at radius 1 is 1.39 bits per heavy atom. The molecule has 3 rings (SSSR count). The first kappa shape index (κ1) is 16.0. The van der Waals surface area contributed by atoms with E-state index in [1.165, 1.54) is 11.8 Å². The molecule has 0 spiro atoms. The molecule has 5 nitrogen and oxygen atoms in total. The Morgan fingerprint density at radius 3 is 2.87 bits per heavy atom. The quantitative estimate of drug-likeness (QED) is 0.664. The van der Waals surface area contributed by atoms with E-state index in [-0.39, 0.29) is 5.91 Å². The molecular weight excluding hydrogens is 315 g/mol. The van der Waals surface area contributed by atoms with Crippen molar-refractivity contribution in [3.63, 3.8) is 0 Å². The molecule has 1 fully saturated rings. The van der Waals surface area contributed by atoms with Gasteiger partial charge in [-0.3, -0.25) is 9.79 Å². The van der Waals surface area contributed by atoms with Crippen molar-refractivity contribution in [3.8, 4) is 0 Å². The first-order valence-electron chi connectivity index (χ1n) is 7.70. The number of amides is 1. The lowest BCUT2D eigenvalue weighted by atomic mass is 10.2. The number of thioether (sulfide) groups is 1. The average molecular weight is 334 g/mol. The molecule has 1 amide bonds. The molecule has 1 aromatic heterocycles. The molecule has 0 aliphatic carbocycles. The van der Waals surface area contributed by atoms with Gasteiger partial charge in [0.25, 0.3) is 5.91 Å². The number of anilines is 1. The van der Waals surface area contributed by atoms with Crippen molar-refractivity contribution in [1.29, 1.82) is 0 Å². The predicted octanol–water partition coefficient (Wildman–Crippen LogP) is 2.49. The molecule has 1 aromatic rings. The molecule has 3 heterocycles. The number of hydrogen-bond donors (Lipinski definition) is 1. The van der Waals surface area contributed by atoms with Crippen molar-refractivity contribution in [3.05, 3.63) is 34.2 Å². The summed E-state index contributed by atoms with van der Waals surface area (Å²) in [6.45, 7) is 5.94. The van der Waals surface area contributed by atoms with Crippen LogP contribution in [0.25, 0.3) is 0 Å². The van der Waals surface area contributed by atoms with Gasteiger partial charge in [0.15, 0.2) is 0 Å². The fourth-order valence-corrected chi connectivity index (χ4v) is 3.80. The van der Waals surface area contributed by atoms with Crippen LogP contribution in [0.15, 0.2) is 27.7 Å². The summed E-state index contributed by atoms with van der Waals surface area (Å²) < 4.78 is 14.2. The van der Waals surface area contributed by atoms with E-state index >= 15 is 0 Å². The number of carbonyl (C=O) groups is 1. The van der Waals surface area contributed by atoms with Gasteiger partial charge >= 0.3 is 0 Å². The fourth-order valence-electron chi connectivity index (χ4n) is 2.75. The van der Waals surface area contributed by atoms with Crippen LogP contribution in [-0.2, 0) is 10.5 Å². The highest BCUT2D eigenvalue weighted by Gasteiger charge is 2.21. The standard InChI is InChI=1S/C16H19FN4OS/c1-18-12-6-7-19-16(22)14(12)23-10-11-4-5-13(20-15(11)17)21-8-2-3-9-21/h4-5H,1-3,6-10H2,(H,19,22). The molecule has 0 saturated carbocycles. The molecule has 2 aliphatic heterocycles. The molecule has 0 atom stereocenters. The Hall–Kier alpha value is -1.89. The first-order valence-corrected chi connectivity index (χ1v) is 8.69. The van der Waals surface area contributed by atoms with Crippen molar-refractivity contribution in [1.82, 2.24) is 10.3 Å². The highest BCUT2D eigenvalue weighted by atomic mass is 32.2. The van der Waals surface area contributed by atoms with E-state index in [1.54, 1.807) is 6.07 Å². The van der Waals surface area contributed by atoms with Crippen LogP contribution < -0.4 is 10.2 Å². The zero-order valence-corrected chi connectivity index (χ0v) is 13.7. The minimum absolute atomic E-state index is 0.161. The molecular formula is C16H19FN4OS. The second kappa shape index (κ2) is 7.12. The number of halogens is 1. The number of aromatic nitrogens is 1. The molecule has 122 valence electrons. The number of pyridine rings is 1. The van der Waals surface area contributed by atoms with Crippen LogP contribution in [0.2, 0.25) is 0 Å². The number of carbonyl (C=O) groups excluding carboxylic acids is 1. The minimum atomic E-state index is -0.466. The van der Waals surface area contributed by atoms with Gasteiger partial charge in [-0.2, -0.15) is 4.39 Å². The first-order chi connectivity index (χ1) is 11.2.